The Morgan fingerprint density at radius 1 is 0.977 bits per heavy atom. The maximum Gasteiger partial charge on any atom is 0.266 e. The van der Waals surface area contributed by atoms with Crippen molar-refractivity contribution in [2.45, 2.75) is 32.6 Å². The minimum atomic E-state index is -4.15. The molecule has 232 valence electrons. The van der Waals surface area contributed by atoms with Gasteiger partial charge in [0.1, 0.15) is 10.8 Å². The van der Waals surface area contributed by atoms with Gasteiger partial charge in [0, 0.05) is 30.9 Å². The number of rotatable bonds is 16. The van der Waals surface area contributed by atoms with E-state index in [0.717, 1.165) is 57.2 Å². The number of H-pyrrole nitrogens is 1. The van der Waals surface area contributed by atoms with Crippen LogP contribution in [0.5, 0.6) is 5.75 Å². The largest absolute Gasteiger partial charge is 0.484 e. The number of nitrogens with one attached hydrogen (secondary N) is 3. The summed E-state index contributed by atoms with van der Waals surface area (Å²) in [6.45, 7) is 2.33. The zero-order valence-corrected chi connectivity index (χ0v) is 26.0. The van der Waals surface area contributed by atoms with Gasteiger partial charge in [-0.1, -0.05) is 50.5 Å². The van der Waals surface area contributed by atoms with Crippen LogP contribution in [0.15, 0.2) is 72.9 Å². The fraction of sp³-hybridized carbons (Fsp3) is 0.281. The Labute approximate surface area is 261 Å². The van der Waals surface area contributed by atoms with Crippen LogP contribution in [-0.4, -0.2) is 60.2 Å². The maximum absolute atomic E-state index is 12.2. The quantitative estimate of drug-likeness (QED) is 0.0714. The molecule has 0 aliphatic heterocycles. The van der Waals surface area contributed by atoms with Crippen LogP contribution in [0, 0.1) is 0 Å². The van der Waals surface area contributed by atoms with Gasteiger partial charge >= 0.3 is 0 Å². The van der Waals surface area contributed by atoms with Crippen LogP contribution in [0.4, 0.5) is 0 Å². The Hall–Kier alpha value is -4.26. The topological polar surface area (TPSA) is 150 Å². The minimum Gasteiger partial charge on any atom is -0.484 e. The van der Waals surface area contributed by atoms with Crippen LogP contribution in [0.25, 0.3) is 38.5 Å². The molecule has 0 aliphatic rings. The number of carbonyl (C=O) groups is 2. The molecule has 10 nitrogen and oxygen atoms in total. The Morgan fingerprint density at radius 2 is 1.73 bits per heavy atom. The molecular weight excluding hydrogens is 601 g/mol. The zero-order chi connectivity index (χ0) is 31.4. The summed E-state index contributed by atoms with van der Waals surface area (Å²) >= 11 is 1.56. The Bertz CT molecular complexity index is 1650. The van der Waals surface area contributed by atoms with Gasteiger partial charge < -0.3 is 20.4 Å². The number of thiazole rings is 1. The number of hydrogen-bond donors (Lipinski definition) is 4. The number of hydrogen-bond acceptors (Lipinski definition) is 7. The molecule has 4 N–H and O–H groups in total. The Morgan fingerprint density at radius 3 is 2.41 bits per heavy atom. The molecule has 0 bridgehead atoms. The summed E-state index contributed by atoms with van der Waals surface area (Å²) in [5.41, 5.74) is 4.45. The van der Waals surface area contributed by atoms with E-state index in [4.69, 9.17) is 14.3 Å². The third-order valence-electron chi connectivity index (χ3n) is 6.56. The summed E-state index contributed by atoms with van der Waals surface area (Å²) in [7, 11) is -4.15. The van der Waals surface area contributed by atoms with Gasteiger partial charge in [0.25, 0.3) is 16.0 Å². The van der Waals surface area contributed by atoms with Crippen LogP contribution in [0.1, 0.15) is 38.2 Å². The van der Waals surface area contributed by atoms with E-state index in [-0.39, 0.29) is 19.1 Å². The third-order valence-corrected chi connectivity index (χ3v) is 8.42. The molecule has 0 unspecified atom stereocenters. The van der Waals surface area contributed by atoms with Crippen molar-refractivity contribution in [2.24, 2.45) is 0 Å². The lowest BCUT2D eigenvalue weighted by atomic mass is 10.0. The highest BCUT2D eigenvalue weighted by Crippen LogP contribution is 2.40. The summed E-state index contributed by atoms with van der Waals surface area (Å²) in [6, 6.07) is 19.0. The van der Waals surface area contributed by atoms with Gasteiger partial charge in [-0.3, -0.25) is 14.1 Å². The first-order valence-corrected chi connectivity index (χ1v) is 16.8. The molecule has 2 aromatic heterocycles. The molecular formula is C32H36N4O6S2. The fourth-order valence-electron chi connectivity index (χ4n) is 4.26. The summed E-state index contributed by atoms with van der Waals surface area (Å²) in [6.07, 6.45) is 9.66. The summed E-state index contributed by atoms with van der Waals surface area (Å²) in [4.78, 5) is 33.2. The van der Waals surface area contributed by atoms with Crippen molar-refractivity contribution in [2.75, 3.05) is 25.4 Å². The monoisotopic (exact) mass is 636 g/mol. The molecule has 0 radical (unpaired) electrons. The van der Waals surface area contributed by atoms with Gasteiger partial charge in [0.05, 0.1) is 22.0 Å². The SMILES string of the molecule is CCCCCCNC(=O)C=Cc1ccc(-c2sc(-c3ccc[nH]3)nc2-c2ccc(OCC(=O)NCCS(=O)(=O)O)cc2)cc1. The average molecular weight is 637 g/mol. The molecule has 0 saturated heterocycles. The molecule has 0 fully saturated rings. The normalized spacial score (nSPS) is 11.5. The molecule has 4 rings (SSSR count). The molecule has 44 heavy (non-hydrogen) atoms. The fourth-order valence-corrected chi connectivity index (χ4v) is 5.70. The van der Waals surface area contributed by atoms with E-state index in [0.29, 0.717) is 12.3 Å². The molecule has 2 heterocycles. The van der Waals surface area contributed by atoms with E-state index >= 15 is 0 Å². The van der Waals surface area contributed by atoms with Crippen molar-refractivity contribution in [3.05, 3.63) is 78.5 Å². The number of aromatic amines is 1. The predicted molar refractivity (Wildman–Crippen MR) is 174 cm³/mol. The number of unbranched alkanes of at least 4 members (excludes halogenated alkanes) is 3. The number of benzene rings is 2. The second kappa shape index (κ2) is 16.0. The van der Waals surface area contributed by atoms with Crippen molar-refractivity contribution in [1.82, 2.24) is 20.6 Å². The number of ether oxygens (including phenoxy) is 1. The first-order chi connectivity index (χ1) is 21.2. The highest BCUT2D eigenvalue weighted by Gasteiger charge is 2.17. The van der Waals surface area contributed by atoms with Crippen LogP contribution >= 0.6 is 11.3 Å². The number of carbonyl (C=O) groups excluding carboxylic acids is 2. The first kappa shape index (κ1) is 32.6. The Balaban J connectivity index is 1.44. The van der Waals surface area contributed by atoms with Crippen molar-refractivity contribution >= 4 is 39.3 Å². The van der Waals surface area contributed by atoms with Gasteiger partial charge in [0.2, 0.25) is 5.91 Å². The lowest BCUT2D eigenvalue weighted by molar-refractivity contribution is -0.123. The Kier molecular flexibility index (Phi) is 11.9. The number of aromatic nitrogens is 2. The van der Waals surface area contributed by atoms with Crippen LogP contribution in [0.3, 0.4) is 0 Å². The standard InChI is InChI=1S/C32H36N4O6S2/c1-2-3-4-5-18-34-28(37)17-10-23-8-11-25(12-9-23)31-30(36-32(43-31)27-7-6-19-33-27)24-13-15-26(16-14-24)42-22-29(38)35-20-21-44(39,40)41/h6-17,19,33H,2-5,18,20-22H2,1H3,(H,34,37)(H,35,38)(H,39,40,41). The van der Waals surface area contributed by atoms with Crippen LogP contribution in [-0.2, 0) is 19.7 Å². The van der Waals surface area contributed by atoms with Gasteiger partial charge in [-0.15, -0.1) is 11.3 Å². The van der Waals surface area contributed by atoms with Crippen molar-refractivity contribution < 1.29 is 27.3 Å². The summed E-state index contributed by atoms with van der Waals surface area (Å²) < 4.78 is 35.9. The molecule has 2 aromatic carbocycles. The van der Waals surface area contributed by atoms with Gasteiger partial charge in [-0.25, -0.2) is 4.98 Å². The van der Waals surface area contributed by atoms with Crippen LogP contribution in [0.2, 0.25) is 0 Å². The number of amides is 2. The highest BCUT2D eigenvalue weighted by atomic mass is 32.2. The zero-order valence-electron chi connectivity index (χ0n) is 24.4. The number of nitrogens with zero attached hydrogens (tertiary/aromatic N) is 1. The molecule has 12 heteroatoms. The molecule has 4 aromatic rings. The second-order valence-corrected chi connectivity index (χ2v) is 12.6. The highest BCUT2D eigenvalue weighted by molar-refractivity contribution is 7.85. The van der Waals surface area contributed by atoms with Gasteiger partial charge in [-0.2, -0.15) is 8.42 Å². The summed E-state index contributed by atoms with van der Waals surface area (Å²) in [5, 5.41) is 6.14. The first-order valence-electron chi connectivity index (χ1n) is 14.4. The van der Waals surface area contributed by atoms with E-state index in [1.807, 2.05) is 54.7 Å². The van der Waals surface area contributed by atoms with Crippen molar-refractivity contribution in [3.63, 3.8) is 0 Å². The predicted octanol–water partition coefficient (Wildman–Crippen LogP) is 5.56. The van der Waals surface area contributed by atoms with Crippen molar-refractivity contribution in [1.29, 1.82) is 0 Å². The maximum atomic E-state index is 12.2. The smallest absolute Gasteiger partial charge is 0.266 e. The lowest BCUT2D eigenvalue weighted by Crippen LogP contribution is -2.32. The summed E-state index contributed by atoms with van der Waals surface area (Å²) in [5.74, 6) is -0.710. The molecule has 0 atom stereocenters. The van der Waals surface area contributed by atoms with Gasteiger partial charge in [0.15, 0.2) is 6.61 Å². The molecule has 0 spiro atoms. The van der Waals surface area contributed by atoms with E-state index in [1.54, 1.807) is 35.6 Å². The van der Waals surface area contributed by atoms with E-state index in [1.165, 1.54) is 6.42 Å². The molecule has 0 saturated carbocycles. The minimum absolute atomic E-state index is 0.101. The van der Waals surface area contributed by atoms with Crippen molar-refractivity contribution in [3.8, 4) is 38.1 Å². The third kappa shape index (κ3) is 10.2. The van der Waals surface area contributed by atoms with Crippen LogP contribution < -0.4 is 15.4 Å². The van der Waals surface area contributed by atoms with E-state index in [9.17, 15) is 18.0 Å². The average Bonchev–Trinajstić information content (AvgIpc) is 3.70. The molecule has 2 amide bonds. The van der Waals surface area contributed by atoms with Gasteiger partial charge in [-0.05, 0) is 60.0 Å². The van der Waals surface area contributed by atoms with E-state index in [2.05, 4.69) is 22.5 Å². The molecule has 0 aliphatic carbocycles. The lowest BCUT2D eigenvalue weighted by Gasteiger charge is -2.08. The van der Waals surface area contributed by atoms with E-state index < -0.39 is 21.8 Å². The second-order valence-electron chi connectivity index (χ2n) is 10.0.